The van der Waals surface area contributed by atoms with Crippen LogP contribution in [0.3, 0.4) is 0 Å². The number of hydrogen-bond donors (Lipinski definition) is 1. The third-order valence-corrected chi connectivity index (χ3v) is 2.31. The van der Waals surface area contributed by atoms with Crippen molar-refractivity contribution in [3.05, 3.63) is 11.1 Å². The molecule has 1 amide bonds. The molecule has 0 fully saturated rings. The van der Waals surface area contributed by atoms with Crippen molar-refractivity contribution in [1.82, 2.24) is 5.01 Å². The van der Waals surface area contributed by atoms with Crippen LogP contribution in [0.4, 0.5) is 0 Å². The van der Waals surface area contributed by atoms with Gasteiger partial charge in [0.15, 0.2) is 0 Å². The second kappa shape index (κ2) is 4.93. The van der Waals surface area contributed by atoms with Crippen LogP contribution in [0.1, 0.15) is 19.8 Å². The van der Waals surface area contributed by atoms with E-state index in [9.17, 15) is 9.59 Å². The number of carboxylic acid groups (broad SMARTS) is 1. The van der Waals surface area contributed by atoms with Gasteiger partial charge in [-0.15, -0.1) is 0 Å². The van der Waals surface area contributed by atoms with Crippen LogP contribution in [-0.2, 0) is 9.59 Å². The van der Waals surface area contributed by atoms with Gasteiger partial charge in [-0.25, -0.2) is 9.80 Å². The molecule has 0 bridgehead atoms. The average molecular weight is 231 g/mol. The number of hydrazone groups is 1. The topological polar surface area (TPSA) is 70.0 Å². The van der Waals surface area contributed by atoms with Crippen molar-refractivity contribution in [3.63, 3.8) is 0 Å². The molecule has 1 aliphatic rings. The number of halogens is 1. The summed E-state index contributed by atoms with van der Waals surface area (Å²) in [4.78, 5) is 22.0. The highest BCUT2D eigenvalue weighted by molar-refractivity contribution is 6.36. The lowest BCUT2D eigenvalue weighted by Crippen LogP contribution is -2.35. The third kappa shape index (κ3) is 3.06. The zero-order chi connectivity index (χ0) is 11.4. The molecule has 5 nitrogen and oxygen atoms in total. The molecular formula is C9H11ClN2O3. The van der Waals surface area contributed by atoms with E-state index in [0.717, 1.165) is 10.6 Å². The van der Waals surface area contributed by atoms with E-state index in [2.05, 4.69) is 5.10 Å². The minimum Gasteiger partial charge on any atom is -0.477 e. The molecule has 0 unspecified atom stereocenters. The van der Waals surface area contributed by atoms with Crippen LogP contribution in [0.2, 0.25) is 0 Å². The van der Waals surface area contributed by atoms with E-state index in [1.165, 1.54) is 5.54 Å². The fourth-order valence-electron chi connectivity index (χ4n) is 1.15. The predicted molar refractivity (Wildman–Crippen MR) is 55.6 cm³/mol. The third-order valence-electron chi connectivity index (χ3n) is 1.94. The number of aliphatic carboxylic acids is 1. The summed E-state index contributed by atoms with van der Waals surface area (Å²) in [5, 5.41) is 13.6. The van der Waals surface area contributed by atoms with Crippen molar-refractivity contribution in [1.29, 1.82) is 0 Å². The summed E-state index contributed by atoms with van der Waals surface area (Å²) in [6, 6.07) is 0. The molecule has 0 aliphatic carbocycles. The maximum atomic E-state index is 11.4. The molecule has 6 heteroatoms. The van der Waals surface area contributed by atoms with E-state index in [4.69, 9.17) is 16.7 Å². The normalized spacial score (nSPS) is 17.7. The van der Waals surface area contributed by atoms with Gasteiger partial charge in [0.25, 0.3) is 0 Å². The fraction of sp³-hybridized carbons (Fsp3) is 0.444. The highest BCUT2D eigenvalue weighted by atomic mass is 35.5. The Morgan fingerprint density at radius 3 is 2.87 bits per heavy atom. The van der Waals surface area contributed by atoms with E-state index in [0.29, 0.717) is 0 Å². The Bertz CT molecular complexity index is 349. The molecule has 82 valence electrons. The minimum atomic E-state index is -1.08. The van der Waals surface area contributed by atoms with Crippen molar-refractivity contribution in [2.75, 3.05) is 6.54 Å². The van der Waals surface area contributed by atoms with Gasteiger partial charge in [-0.3, -0.25) is 4.79 Å². The van der Waals surface area contributed by atoms with Gasteiger partial charge in [-0.05, 0) is 12.5 Å². The van der Waals surface area contributed by atoms with Gasteiger partial charge in [0.05, 0.1) is 6.54 Å². The summed E-state index contributed by atoms with van der Waals surface area (Å²) in [5.41, 5.74) is 2.11. The van der Waals surface area contributed by atoms with E-state index >= 15 is 0 Å². The second-order valence-electron chi connectivity index (χ2n) is 3.26. The molecule has 1 heterocycles. The first-order valence-electron chi connectivity index (χ1n) is 4.41. The first kappa shape index (κ1) is 11.7. The summed E-state index contributed by atoms with van der Waals surface area (Å²) < 4.78 is 0. The zero-order valence-electron chi connectivity index (χ0n) is 8.23. The molecule has 15 heavy (non-hydrogen) atoms. The quantitative estimate of drug-likeness (QED) is 0.792. The summed E-state index contributed by atoms with van der Waals surface area (Å²) in [5.74, 6) is -1.27. The first-order valence-corrected chi connectivity index (χ1v) is 4.85. The lowest BCUT2D eigenvalue weighted by Gasteiger charge is -2.22. The molecule has 0 saturated heterocycles. The standard InChI is InChI=1S/C9H11ClN2O3/c1-6(4-10)5-12-8(13)3-2-7(11-12)9(14)15/h4H,2-3,5H2,1H3,(H,14,15). The average Bonchev–Trinajstić information content (AvgIpc) is 2.20. The number of rotatable bonds is 3. The number of carbonyl (C=O) groups excluding carboxylic acids is 1. The molecule has 0 aromatic rings. The van der Waals surface area contributed by atoms with E-state index in [-0.39, 0.29) is 31.0 Å². The highest BCUT2D eigenvalue weighted by Gasteiger charge is 2.23. The van der Waals surface area contributed by atoms with Crippen LogP contribution in [0.5, 0.6) is 0 Å². The molecule has 0 radical (unpaired) electrons. The van der Waals surface area contributed by atoms with Gasteiger partial charge in [-0.2, -0.15) is 5.10 Å². The van der Waals surface area contributed by atoms with Gasteiger partial charge < -0.3 is 5.11 Å². The van der Waals surface area contributed by atoms with Crippen molar-refractivity contribution >= 4 is 29.2 Å². The molecule has 0 saturated carbocycles. The number of hydrogen-bond acceptors (Lipinski definition) is 3. The maximum absolute atomic E-state index is 11.4. The van der Waals surface area contributed by atoms with Gasteiger partial charge >= 0.3 is 5.97 Å². The Balaban J connectivity index is 2.81. The van der Waals surface area contributed by atoms with Crippen molar-refractivity contribution in [3.8, 4) is 0 Å². The van der Waals surface area contributed by atoms with Crippen molar-refractivity contribution < 1.29 is 14.7 Å². The van der Waals surface area contributed by atoms with Gasteiger partial charge in [0.2, 0.25) is 5.91 Å². The number of carboxylic acids is 1. The van der Waals surface area contributed by atoms with Gasteiger partial charge in [0.1, 0.15) is 5.71 Å². The fourth-order valence-corrected chi connectivity index (χ4v) is 1.22. The smallest absolute Gasteiger partial charge is 0.352 e. The van der Waals surface area contributed by atoms with Crippen LogP contribution in [0.25, 0.3) is 0 Å². The van der Waals surface area contributed by atoms with Crippen molar-refractivity contribution in [2.45, 2.75) is 19.8 Å². The Morgan fingerprint density at radius 2 is 2.33 bits per heavy atom. The van der Waals surface area contributed by atoms with Crippen LogP contribution in [-0.4, -0.2) is 34.2 Å². The molecular weight excluding hydrogens is 220 g/mol. The molecule has 0 aromatic heterocycles. The number of carbonyl (C=O) groups is 2. The maximum Gasteiger partial charge on any atom is 0.352 e. The molecule has 1 rings (SSSR count). The lowest BCUT2D eigenvalue weighted by molar-refractivity contribution is -0.132. The van der Waals surface area contributed by atoms with Crippen LogP contribution >= 0.6 is 11.6 Å². The summed E-state index contributed by atoms with van der Waals surface area (Å²) >= 11 is 5.45. The van der Waals surface area contributed by atoms with Crippen LogP contribution < -0.4 is 0 Å². The molecule has 0 atom stereocenters. The van der Waals surface area contributed by atoms with E-state index in [1.807, 2.05) is 0 Å². The molecule has 0 aromatic carbocycles. The van der Waals surface area contributed by atoms with Gasteiger partial charge in [0, 0.05) is 18.4 Å². The van der Waals surface area contributed by atoms with Crippen LogP contribution in [0.15, 0.2) is 16.2 Å². The largest absolute Gasteiger partial charge is 0.477 e. The highest BCUT2D eigenvalue weighted by Crippen LogP contribution is 2.11. The van der Waals surface area contributed by atoms with Crippen molar-refractivity contribution in [2.24, 2.45) is 5.10 Å². The Kier molecular flexibility index (Phi) is 3.85. The van der Waals surface area contributed by atoms with E-state index < -0.39 is 5.97 Å². The first-order chi connectivity index (χ1) is 7.04. The predicted octanol–water partition coefficient (Wildman–Crippen LogP) is 1.19. The van der Waals surface area contributed by atoms with Crippen LogP contribution in [0, 0.1) is 0 Å². The molecule has 1 aliphatic heterocycles. The van der Waals surface area contributed by atoms with Gasteiger partial charge in [-0.1, -0.05) is 11.6 Å². The molecule has 1 N–H and O–H groups in total. The summed E-state index contributed by atoms with van der Waals surface area (Å²) in [6.07, 6.45) is 0.370. The zero-order valence-corrected chi connectivity index (χ0v) is 8.99. The number of amides is 1. The SMILES string of the molecule is CC(=CCl)CN1N=C(C(=O)O)CCC1=O. The number of nitrogens with zero attached hydrogens (tertiary/aromatic N) is 2. The minimum absolute atomic E-state index is 0.0111. The molecule has 0 spiro atoms. The van der Waals surface area contributed by atoms with E-state index in [1.54, 1.807) is 6.92 Å². The second-order valence-corrected chi connectivity index (χ2v) is 3.48. The Labute approximate surface area is 92.0 Å². The monoisotopic (exact) mass is 230 g/mol. The summed E-state index contributed by atoms with van der Waals surface area (Å²) in [7, 11) is 0. The Hall–Kier alpha value is -1.36. The lowest BCUT2D eigenvalue weighted by atomic mass is 10.1. The Morgan fingerprint density at radius 1 is 1.67 bits per heavy atom. The summed E-state index contributed by atoms with van der Waals surface area (Å²) in [6.45, 7) is 1.98.